The fourth-order valence-electron chi connectivity index (χ4n) is 2.33. The predicted octanol–water partition coefficient (Wildman–Crippen LogP) is 3.40. The first-order chi connectivity index (χ1) is 12.3. The summed E-state index contributed by atoms with van der Waals surface area (Å²) in [6, 6.07) is 4.76. The standard InChI is InChI=1S/C16H13ClFN3O4S/c1-2-5-26(23,24)21-13-7-9(18)6-10(14(13)17)15(22)11-3-4-12-16(20-11)25-8-19-12/h3-4,6-8,21H,2,5H2,1H3. The maximum atomic E-state index is 14.0. The Morgan fingerprint density at radius 2 is 2.12 bits per heavy atom. The second-order valence-corrected chi connectivity index (χ2v) is 7.66. The van der Waals surface area contributed by atoms with Crippen molar-refractivity contribution in [2.24, 2.45) is 0 Å². The van der Waals surface area contributed by atoms with E-state index in [0.717, 1.165) is 12.1 Å². The summed E-state index contributed by atoms with van der Waals surface area (Å²) in [6.07, 6.45) is 1.55. The van der Waals surface area contributed by atoms with Crippen molar-refractivity contribution in [2.45, 2.75) is 13.3 Å². The Balaban J connectivity index is 2.02. The van der Waals surface area contributed by atoms with Gasteiger partial charge < -0.3 is 4.42 Å². The second-order valence-electron chi connectivity index (χ2n) is 5.44. The topological polar surface area (TPSA) is 102 Å². The Morgan fingerprint density at radius 1 is 1.35 bits per heavy atom. The molecule has 2 aromatic heterocycles. The van der Waals surface area contributed by atoms with Gasteiger partial charge in [-0.1, -0.05) is 18.5 Å². The number of nitrogens with zero attached hydrogens (tertiary/aromatic N) is 2. The third-order valence-corrected chi connectivity index (χ3v) is 5.33. The van der Waals surface area contributed by atoms with Crippen molar-refractivity contribution >= 4 is 44.3 Å². The van der Waals surface area contributed by atoms with Crippen molar-refractivity contribution in [2.75, 3.05) is 10.5 Å². The van der Waals surface area contributed by atoms with Gasteiger partial charge in [-0.3, -0.25) is 9.52 Å². The Kier molecular flexibility index (Phi) is 4.92. The molecule has 2 heterocycles. The molecule has 10 heteroatoms. The summed E-state index contributed by atoms with van der Waals surface area (Å²) < 4.78 is 45.0. The quantitative estimate of drug-likeness (QED) is 0.639. The van der Waals surface area contributed by atoms with Crippen LogP contribution in [-0.2, 0) is 10.0 Å². The molecule has 0 spiro atoms. The molecule has 0 aliphatic rings. The van der Waals surface area contributed by atoms with E-state index in [2.05, 4.69) is 14.7 Å². The number of ketones is 1. The number of nitrogens with one attached hydrogen (secondary N) is 1. The fraction of sp³-hybridized carbons (Fsp3) is 0.188. The molecule has 0 amide bonds. The third kappa shape index (κ3) is 3.68. The number of halogens is 2. The molecule has 0 aliphatic carbocycles. The van der Waals surface area contributed by atoms with Gasteiger partial charge in [0.25, 0.3) is 0 Å². The van der Waals surface area contributed by atoms with Crippen LogP contribution in [0.3, 0.4) is 0 Å². The molecule has 26 heavy (non-hydrogen) atoms. The molecular formula is C16H13ClFN3O4S. The van der Waals surface area contributed by atoms with Gasteiger partial charge in [-0.15, -0.1) is 0 Å². The average molecular weight is 398 g/mol. The van der Waals surface area contributed by atoms with Crippen LogP contribution in [0.1, 0.15) is 29.4 Å². The first-order valence-electron chi connectivity index (χ1n) is 7.55. The Bertz CT molecular complexity index is 1100. The first kappa shape index (κ1) is 18.3. The molecule has 0 fully saturated rings. The molecule has 0 radical (unpaired) electrons. The number of rotatable bonds is 6. The van der Waals surface area contributed by atoms with Gasteiger partial charge in [0.05, 0.1) is 16.5 Å². The summed E-state index contributed by atoms with van der Waals surface area (Å²) in [5, 5.41) is -0.212. The van der Waals surface area contributed by atoms with Crippen molar-refractivity contribution in [3.63, 3.8) is 0 Å². The normalized spacial score (nSPS) is 11.7. The Morgan fingerprint density at radius 3 is 2.85 bits per heavy atom. The highest BCUT2D eigenvalue weighted by atomic mass is 35.5. The van der Waals surface area contributed by atoms with Gasteiger partial charge in [0, 0.05) is 5.56 Å². The lowest BCUT2D eigenvalue weighted by Crippen LogP contribution is -2.17. The zero-order valence-corrected chi connectivity index (χ0v) is 15.1. The van der Waals surface area contributed by atoms with Gasteiger partial charge in [0.2, 0.25) is 21.5 Å². The summed E-state index contributed by atoms with van der Waals surface area (Å²) in [6.45, 7) is 1.69. The maximum Gasteiger partial charge on any atom is 0.247 e. The lowest BCUT2D eigenvalue weighted by Gasteiger charge is -2.12. The minimum Gasteiger partial charge on any atom is -0.425 e. The van der Waals surface area contributed by atoms with E-state index in [-0.39, 0.29) is 33.4 Å². The summed E-state index contributed by atoms with van der Waals surface area (Å²) >= 11 is 6.15. The predicted molar refractivity (Wildman–Crippen MR) is 94.3 cm³/mol. The van der Waals surface area contributed by atoms with Gasteiger partial charge in [0.1, 0.15) is 17.0 Å². The largest absolute Gasteiger partial charge is 0.425 e. The molecule has 136 valence electrons. The third-order valence-electron chi connectivity index (χ3n) is 3.45. The molecule has 0 bridgehead atoms. The van der Waals surface area contributed by atoms with Crippen LogP contribution >= 0.6 is 11.6 Å². The van der Waals surface area contributed by atoms with Gasteiger partial charge in [-0.2, -0.15) is 0 Å². The Labute approximate surface area is 153 Å². The lowest BCUT2D eigenvalue weighted by atomic mass is 10.1. The maximum absolute atomic E-state index is 14.0. The number of carbonyl (C=O) groups excluding carboxylic acids is 1. The van der Waals surface area contributed by atoms with Crippen molar-refractivity contribution < 1.29 is 22.0 Å². The summed E-state index contributed by atoms with van der Waals surface area (Å²) in [4.78, 5) is 20.6. The van der Waals surface area contributed by atoms with Crippen LogP contribution in [0.2, 0.25) is 5.02 Å². The molecular weight excluding hydrogens is 385 g/mol. The number of benzene rings is 1. The molecule has 1 aromatic carbocycles. The number of fused-ring (bicyclic) bond motifs is 1. The van der Waals surface area contributed by atoms with Crippen LogP contribution in [-0.4, -0.2) is 29.9 Å². The minimum absolute atomic E-state index is 0.0379. The number of pyridine rings is 1. The minimum atomic E-state index is -3.70. The van der Waals surface area contributed by atoms with E-state index in [1.165, 1.54) is 18.5 Å². The van der Waals surface area contributed by atoms with Gasteiger partial charge in [-0.25, -0.2) is 22.8 Å². The van der Waals surface area contributed by atoms with Crippen LogP contribution in [0, 0.1) is 5.82 Å². The van der Waals surface area contributed by atoms with Gasteiger partial charge in [0.15, 0.2) is 6.39 Å². The van der Waals surface area contributed by atoms with Crippen molar-refractivity contribution in [3.05, 3.63) is 52.8 Å². The second kappa shape index (κ2) is 7.00. The van der Waals surface area contributed by atoms with E-state index in [1.54, 1.807) is 6.92 Å². The number of sulfonamides is 1. The summed E-state index contributed by atoms with van der Waals surface area (Å²) in [5.41, 5.74) is 0.146. The molecule has 0 unspecified atom stereocenters. The van der Waals surface area contributed by atoms with Crippen LogP contribution in [0.4, 0.5) is 10.1 Å². The van der Waals surface area contributed by atoms with Crippen molar-refractivity contribution in [3.8, 4) is 0 Å². The molecule has 3 rings (SSSR count). The molecule has 0 atom stereocenters. The van der Waals surface area contributed by atoms with Gasteiger partial charge in [-0.05, 0) is 30.7 Å². The van der Waals surface area contributed by atoms with Crippen molar-refractivity contribution in [1.82, 2.24) is 9.97 Å². The number of oxazole rings is 1. The zero-order valence-electron chi connectivity index (χ0n) is 13.5. The van der Waals surface area contributed by atoms with E-state index in [1.807, 2.05) is 0 Å². The Hall–Kier alpha value is -2.52. The van der Waals surface area contributed by atoms with E-state index in [0.29, 0.717) is 11.9 Å². The van der Waals surface area contributed by atoms with Crippen LogP contribution in [0.5, 0.6) is 0 Å². The molecule has 3 aromatic rings. The number of anilines is 1. The SMILES string of the molecule is CCCS(=O)(=O)Nc1cc(F)cc(C(=O)c2ccc3ncoc3n2)c1Cl. The molecule has 1 N–H and O–H groups in total. The van der Waals surface area contributed by atoms with Crippen LogP contribution in [0.15, 0.2) is 35.1 Å². The molecule has 7 nitrogen and oxygen atoms in total. The highest BCUT2D eigenvalue weighted by Gasteiger charge is 2.21. The highest BCUT2D eigenvalue weighted by Crippen LogP contribution is 2.30. The summed E-state index contributed by atoms with van der Waals surface area (Å²) in [7, 11) is -3.70. The average Bonchev–Trinajstić information content (AvgIpc) is 3.04. The van der Waals surface area contributed by atoms with Gasteiger partial charge >= 0.3 is 0 Å². The van der Waals surface area contributed by atoms with E-state index >= 15 is 0 Å². The summed E-state index contributed by atoms with van der Waals surface area (Å²) in [5.74, 6) is -1.65. The highest BCUT2D eigenvalue weighted by molar-refractivity contribution is 7.92. The number of aromatic nitrogens is 2. The van der Waals surface area contributed by atoms with Crippen LogP contribution in [0.25, 0.3) is 11.2 Å². The molecule has 0 aliphatic heterocycles. The molecule has 0 saturated carbocycles. The monoisotopic (exact) mass is 397 g/mol. The molecule has 0 saturated heterocycles. The number of carbonyl (C=O) groups is 1. The fourth-order valence-corrected chi connectivity index (χ4v) is 3.77. The number of hydrogen-bond acceptors (Lipinski definition) is 6. The van der Waals surface area contributed by atoms with E-state index < -0.39 is 21.6 Å². The van der Waals surface area contributed by atoms with E-state index in [9.17, 15) is 17.6 Å². The smallest absolute Gasteiger partial charge is 0.247 e. The first-order valence-corrected chi connectivity index (χ1v) is 9.58. The zero-order chi connectivity index (χ0) is 18.9. The van der Waals surface area contributed by atoms with Crippen LogP contribution < -0.4 is 4.72 Å². The number of hydrogen-bond donors (Lipinski definition) is 1. The van der Waals surface area contributed by atoms with Crippen molar-refractivity contribution in [1.29, 1.82) is 0 Å². The van der Waals surface area contributed by atoms with E-state index in [4.69, 9.17) is 16.0 Å². The lowest BCUT2D eigenvalue weighted by molar-refractivity contribution is 0.103.